The molecule has 2 aromatic rings. The van der Waals surface area contributed by atoms with E-state index in [1.165, 1.54) is 11.1 Å². The molecule has 2 saturated heterocycles. The van der Waals surface area contributed by atoms with E-state index in [4.69, 9.17) is 0 Å². The van der Waals surface area contributed by atoms with E-state index in [1.54, 1.807) is 0 Å². The number of guanidine groups is 1. The second-order valence-corrected chi connectivity index (χ2v) is 9.28. The quantitative estimate of drug-likeness (QED) is 0.480. The van der Waals surface area contributed by atoms with E-state index in [2.05, 4.69) is 91.0 Å². The molecule has 2 aliphatic heterocycles. The molecule has 33 heavy (non-hydrogen) atoms. The molecule has 0 saturated carbocycles. The average molecular weight is 449 g/mol. The molecule has 2 fully saturated rings. The fourth-order valence-corrected chi connectivity index (χ4v) is 4.81. The Kier molecular flexibility index (Phi) is 9.16. The summed E-state index contributed by atoms with van der Waals surface area (Å²) in [4.78, 5) is 12.1. The smallest absolute Gasteiger partial charge is 0.191 e. The Morgan fingerprint density at radius 3 is 1.82 bits per heavy atom. The van der Waals surface area contributed by atoms with Gasteiger partial charge in [-0.15, -0.1) is 0 Å². The van der Waals surface area contributed by atoms with Crippen LogP contribution in [0.25, 0.3) is 0 Å². The first kappa shape index (κ1) is 23.7. The molecule has 2 aliphatic rings. The van der Waals surface area contributed by atoms with Gasteiger partial charge in [-0.25, -0.2) is 0 Å². The zero-order valence-corrected chi connectivity index (χ0v) is 20.1. The Morgan fingerprint density at radius 2 is 1.27 bits per heavy atom. The number of likely N-dealkylation sites (tertiary alicyclic amines) is 1. The molecule has 0 aromatic heterocycles. The molecule has 0 amide bonds. The average Bonchev–Trinajstić information content (AvgIpc) is 2.87. The van der Waals surface area contributed by atoms with Crippen LogP contribution in [-0.4, -0.2) is 86.1 Å². The molecular weight excluding hydrogens is 408 g/mol. The molecule has 0 atom stereocenters. The number of piperazine rings is 1. The van der Waals surface area contributed by atoms with Crippen molar-refractivity contribution in [3.63, 3.8) is 0 Å². The van der Waals surface area contributed by atoms with Crippen LogP contribution in [0.3, 0.4) is 0 Å². The predicted molar refractivity (Wildman–Crippen MR) is 137 cm³/mol. The summed E-state index contributed by atoms with van der Waals surface area (Å²) in [6.45, 7) is 11.0. The van der Waals surface area contributed by atoms with Crippen molar-refractivity contribution in [1.82, 2.24) is 25.3 Å². The summed E-state index contributed by atoms with van der Waals surface area (Å²) in [6.07, 6.45) is 2.33. The Labute approximate surface area is 199 Å². The molecular formula is C27H40N6. The number of piperidine rings is 1. The fourth-order valence-electron chi connectivity index (χ4n) is 4.81. The maximum Gasteiger partial charge on any atom is 0.191 e. The first-order valence-electron chi connectivity index (χ1n) is 12.5. The lowest BCUT2D eigenvalue weighted by Crippen LogP contribution is -2.51. The summed E-state index contributed by atoms with van der Waals surface area (Å²) in [5, 5.41) is 7.18. The highest BCUT2D eigenvalue weighted by Gasteiger charge is 2.20. The van der Waals surface area contributed by atoms with E-state index in [0.29, 0.717) is 6.04 Å². The second kappa shape index (κ2) is 12.7. The summed E-state index contributed by atoms with van der Waals surface area (Å²) >= 11 is 0. The molecule has 0 aliphatic carbocycles. The van der Waals surface area contributed by atoms with Crippen LogP contribution in [0.5, 0.6) is 0 Å². The molecule has 0 radical (unpaired) electrons. The molecule has 0 bridgehead atoms. The van der Waals surface area contributed by atoms with E-state index in [-0.39, 0.29) is 0 Å². The third-order valence-corrected chi connectivity index (χ3v) is 6.84. The van der Waals surface area contributed by atoms with Crippen LogP contribution < -0.4 is 10.6 Å². The maximum atomic E-state index is 4.46. The molecule has 6 nitrogen and oxygen atoms in total. The third-order valence-electron chi connectivity index (χ3n) is 6.84. The number of nitrogens with one attached hydrogen (secondary N) is 2. The summed E-state index contributed by atoms with van der Waals surface area (Å²) in [5.41, 5.74) is 2.82. The van der Waals surface area contributed by atoms with Gasteiger partial charge in [0.25, 0.3) is 0 Å². The minimum atomic E-state index is 0.504. The molecule has 2 heterocycles. The fraction of sp³-hybridized carbons (Fsp3) is 0.519. The van der Waals surface area contributed by atoms with Crippen molar-refractivity contribution in [3.05, 3.63) is 71.8 Å². The van der Waals surface area contributed by atoms with Gasteiger partial charge in [-0.05, 0) is 24.0 Å². The topological polar surface area (TPSA) is 46.1 Å². The van der Waals surface area contributed by atoms with E-state index in [1.807, 2.05) is 7.05 Å². The Hall–Kier alpha value is -2.41. The van der Waals surface area contributed by atoms with Gasteiger partial charge in [-0.3, -0.25) is 19.7 Å². The summed E-state index contributed by atoms with van der Waals surface area (Å²) in [7, 11) is 1.88. The van der Waals surface area contributed by atoms with Gasteiger partial charge in [-0.1, -0.05) is 60.7 Å². The minimum Gasteiger partial charge on any atom is -0.355 e. The van der Waals surface area contributed by atoms with Crippen LogP contribution >= 0.6 is 0 Å². The largest absolute Gasteiger partial charge is 0.355 e. The molecule has 2 aromatic carbocycles. The van der Waals surface area contributed by atoms with E-state index >= 15 is 0 Å². The molecule has 6 heteroatoms. The Balaban J connectivity index is 1.09. The van der Waals surface area contributed by atoms with Crippen LogP contribution in [0.15, 0.2) is 65.7 Å². The monoisotopic (exact) mass is 448 g/mol. The van der Waals surface area contributed by atoms with Crippen molar-refractivity contribution < 1.29 is 0 Å². The number of hydrogen-bond donors (Lipinski definition) is 2. The second-order valence-electron chi connectivity index (χ2n) is 9.28. The van der Waals surface area contributed by atoms with Crippen LogP contribution in [0.2, 0.25) is 0 Å². The lowest BCUT2D eigenvalue weighted by atomic mass is 10.0. The van der Waals surface area contributed by atoms with Crippen molar-refractivity contribution >= 4 is 5.96 Å². The van der Waals surface area contributed by atoms with Gasteiger partial charge >= 0.3 is 0 Å². The summed E-state index contributed by atoms with van der Waals surface area (Å²) in [5.74, 6) is 0.944. The highest BCUT2D eigenvalue weighted by Crippen LogP contribution is 2.14. The summed E-state index contributed by atoms with van der Waals surface area (Å²) < 4.78 is 0. The highest BCUT2D eigenvalue weighted by molar-refractivity contribution is 5.79. The number of aliphatic imine (C=N–C) groups is 1. The number of benzene rings is 2. The van der Waals surface area contributed by atoms with Crippen LogP contribution in [0, 0.1) is 0 Å². The predicted octanol–water partition coefficient (Wildman–Crippen LogP) is 2.63. The first-order valence-corrected chi connectivity index (χ1v) is 12.5. The molecule has 0 unspecified atom stereocenters. The number of nitrogens with zero attached hydrogens (tertiary/aromatic N) is 4. The standard InChI is InChI=1S/C27H40N6/c1-28-27(30-26-12-15-32(16-13-26)22-24-8-4-2-5-9-24)29-14-17-31-18-20-33(21-19-31)23-25-10-6-3-7-11-25/h2-11,26H,12-23H2,1H3,(H2,28,29,30). The SMILES string of the molecule is CN=C(NCCN1CCN(Cc2ccccc2)CC1)NC1CCN(Cc2ccccc2)CC1. The van der Waals surface area contributed by atoms with Crippen LogP contribution in [-0.2, 0) is 13.1 Å². The van der Waals surface area contributed by atoms with Gasteiger partial charge in [0.05, 0.1) is 0 Å². The van der Waals surface area contributed by atoms with Gasteiger partial charge < -0.3 is 10.6 Å². The molecule has 0 spiro atoms. The minimum absolute atomic E-state index is 0.504. The van der Waals surface area contributed by atoms with Crippen LogP contribution in [0.1, 0.15) is 24.0 Å². The van der Waals surface area contributed by atoms with Crippen molar-refractivity contribution in [3.8, 4) is 0 Å². The van der Waals surface area contributed by atoms with E-state index < -0.39 is 0 Å². The first-order chi connectivity index (χ1) is 16.3. The normalized spacial score (nSPS) is 19.5. The maximum absolute atomic E-state index is 4.46. The Bertz CT molecular complexity index is 824. The van der Waals surface area contributed by atoms with Crippen molar-refractivity contribution in [1.29, 1.82) is 0 Å². The van der Waals surface area contributed by atoms with Gasteiger partial charge in [-0.2, -0.15) is 0 Å². The van der Waals surface area contributed by atoms with Gasteiger partial charge in [0, 0.05) is 78.5 Å². The van der Waals surface area contributed by atoms with Crippen molar-refractivity contribution in [2.24, 2.45) is 4.99 Å². The number of hydrogen-bond acceptors (Lipinski definition) is 4. The van der Waals surface area contributed by atoms with Crippen molar-refractivity contribution in [2.45, 2.75) is 32.0 Å². The van der Waals surface area contributed by atoms with E-state index in [0.717, 1.165) is 84.2 Å². The van der Waals surface area contributed by atoms with Gasteiger partial charge in [0.15, 0.2) is 5.96 Å². The van der Waals surface area contributed by atoms with Crippen molar-refractivity contribution in [2.75, 3.05) is 59.4 Å². The highest BCUT2D eigenvalue weighted by atomic mass is 15.3. The molecule has 2 N–H and O–H groups in total. The third kappa shape index (κ3) is 7.84. The van der Waals surface area contributed by atoms with E-state index in [9.17, 15) is 0 Å². The van der Waals surface area contributed by atoms with Gasteiger partial charge in [0.1, 0.15) is 0 Å². The molecule has 178 valence electrons. The molecule has 4 rings (SSSR count). The lowest BCUT2D eigenvalue weighted by Gasteiger charge is -2.35. The number of rotatable bonds is 8. The lowest BCUT2D eigenvalue weighted by molar-refractivity contribution is 0.129. The Morgan fingerprint density at radius 1 is 0.758 bits per heavy atom. The summed E-state index contributed by atoms with van der Waals surface area (Å²) in [6, 6.07) is 22.1. The van der Waals surface area contributed by atoms with Crippen LogP contribution in [0.4, 0.5) is 0 Å². The van der Waals surface area contributed by atoms with Gasteiger partial charge in [0.2, 0.25) is 0 Å². The zero-order chi connectivity index (χ0) is 22.7. The zero-order valence-electron chi connectivity index (χ0n) is 20.1.